The molecule has 1 atom stereocenters. The third kappa shape index (κ3) is 3.94. The van der Waals surface area contributed by atoms with Crippen LogP contribution < -0.4 is 15.4 Å². The minimum atomic E-state index is -1.25. The van der Waals surface area contributed by atoms with E-state index in [9.17, 15) is 14.4 Å². The third-order valence-corrected chi connectivity index (χ3v) is 4.70. The molecule has 0 aliphatic carbocycles. The molecule has 7 nitrogen and oxygen atoms in total. The maximum absolute atomic E-state index is 12.8. The molecule has 2 N–H and O–H groups in total. The summed E-state index contributed by atoms with van der Waals surface area (Å²) >= 11 is 5.89. The lowest BCUT2D eigenvalue weighted by atomic mass is 9.92. The Hall–Kier alpha value is -3.06. The van der Waals surface area contributed by atoms with Crippen LogP contribution in [0.2, 0.25) is 5.02 Å². The smallest absolute Gasteiger partial charge is 0.325 e. The largest absolute Gasteiger partial charge is 0.494 e. The third-order valence-electron chi connectivity index (χ3n) is 4.45. The second-order valence-electron chi connectivity index (χ2n) is 6.46. The summed E-state index contributed by atoms with van der Waals surface area (Å²) in [4.78, 5) is 38.4. The van der Waals surface area contributed by atoms with Crippen molar-refractivity contribution in [3.8, 4) is 5.75 Å². The SMILES string of the molecule is CCOc1ccc(NC(=O)CN2C(=O)NC(C)(c3ccc(Cl)cc3)C2=O)cc1. The average Bonchev–Trinajstić information content (AvgIpc) is 2.88. The Morgan fingerprint density at radius 1 is 1.14 bits per heavy atom. The second kappa shape index (κ2) is 7.90. The van der Waals surface area contributed by atoms with Crippen molar-refractivity contribution in [3.63, 3.8) is 0 Å². The molecule has 0 radical (unpaired) electrons. The van der Waals surface area contributed by atoms with Gasteiger partial charge in [-0.05, 0) is 55.8 Å². The van der Waals surface area contributed by atoms with E-state index in [1.165, 1.54) is 0 Å². The highest BCUT2D eigenvalue weighted by atomic mass is 35.5. The number of imide groups is 1. The Labute approximate surface area is 167 Å². The number of anilines is 1. The molecular formula is C20H20ClN3O4. The highest BCUT2D eigenvalue weighted by Gasteiger charge is 2.49. The summed E-state index contributed by atoms with van der Waals surface area (Å²) in [6.45, 7) is 3.64. The first-order valence-electron chi connectivity index (χ1n) is 8.76. The first kappa shape index (κ1) is 19.7. The molecule has 1 heterocycles. The Kier molecular flexibility index (Phi) is 5.56. The lowest BCUT2D eigenvalue weighted by Gasteiger charge is -2.22. The number of halogens is 1. The number of ether oxygens (including phenoxy) is 1. The van der Waals surface area contributed by atoms with Gasteiger partial charge >= 0.3 is 6.03 Å². The Bertz CT molecular complexity index is 899. The van der Waals surface area contributed by atoms with Gasteiger partial charge in [-0.1, -0.05) is 23.7 Å². The summed E-state index contributed by atoms with van der Waals surface area (Å²) in [5, 5.41) is 5.85. The number of urea groups is 1. The van der Waals surface area contributed by atoms with E-state index in [1.54, 1.807) is 55.5 Å². The van der Waals surface area contributed by atoms with Crippen LogP contribution in [0.1, 0.15) is 19.4 Å². The van der Waals surface area contributed by atoms with Gasteiger partial charge in [-0.15, -0.1) is 0 Å². The maximum atomic E-state index is 12.8. The van der Waals surface area contributed by atoms with Crippen molar-refractivity contribution >= 4 is 35.1 Å². The molecule has 8 heteroatoms. The van der Waals surface area contributed by atoms with Gasteiger partial charge in [0, 0.05) is 10.7 Å². The highest BCUT2D eigenvalue weighted by molar-refractivity contribution is 6.30. The quantitative estimate of drug-likeness (QED) is 0.728. The predicted octanol–water partition coefficient (Wildman–Crippen LogP) is 3.14. The maximum Gasteiger partial charge on any atom is 0.325 e. The van der Waals surface area contributed by atoms with Crippen LogP contribution in [0.5, 0.6) is 5.75 Å². The Balaban J connectivity index is 1.68. The molecule has 1 unspecified atom stereocenters. The minimum Gasteiger partial charge on any atom is -0.494 e. The van der Waals surface area contributed by atoms with Crippen LogP contribution in [-0.2, 0) is 15.1 Å². The van der Waals surface area contributed by atoms with Crippen molar-refractivity contribution in [1.29, 1.82) is 0 Å². The van der Waals surface area contributed by atoms with Crippen molar-refractivity contribution in [2.24, 2.45) is 0 Å². The van der Waals surface area contributed by atoms with Gasteiger partial charge in [-0.2, -0.15) is 0 Å². The first-order chi connectivity index (χ1) is 13.3. The summed E-state index contributed by atoms with van der Waals surface area (Å²) in [5.74, 6) is -0.289. The molecule has 2 aromatic carbocycles. The van der Waals surface area contributed by atoms with Crippen LogP contribution in [0.4, 0.5) is 10.5 Å². The van der Waals surface area contributed by atoms with Gasteiger partial charge < -0.3 is 15.4 Å². The number of amides is 4. The van der Waals surface area contributed by atoms with Gasteiger partial charge in [0.15, 0.2) is 0 Å². The number of hydrogen-bond acceptors (Lipinski definition) is 4. The van der Waals surface area contributed by atoms with E-state index in [2.05, 4.69) is 10.6 Å². The van der Waals surface area contributed by atoms with Gasteiger partial charge in [0.1, 0.15) is 17.8 Å². The molecule has 0 bridgehead atoms. The van der Waals surface area contributed by atoms with Crippen LogP contribution in [0, 0.1) is 0 Å². The van der Waals surface area contributed by atoms with Crippen LogP contribution in [0.3, 0.4) is 0 Å². The molecule has 0 aromatic heterocycles. The number of nitrogens with zero attached hydrogens (tertiary/aromatic N) is 1. The zero-order chi connectivity index (χ0) is 20.3. The van der Waals surface area contributed by atoms with Gasteiger partial charge in [-0.25, -0.2) is 4.79 Å². The zero-order valence-corrected chi connectivity index (χ0v) is 16.2. The van der Waals surface area contributed by atoms with Gasteiger partial charge in [0.2, 0.25) is 5.91 Å². The number of carbonyl (C=O) groups is 3. The van der Waals surface area contributed by atoms with Crippen LogP contribution >= 0.6 is 11.6 Å². The summed E-state index contributed by atoms with van der Waals surface area (Å²) in [6, 6.07) is 12.8. The van der Waals surface area contributed by atoms with Crippen molar-refractivity contribution in [2.75, 3.05) is 18.5 Å². The zero-order valence-electron chi connectivity index (χ0n) is 15.5. The number of hydrogen-bond donors (Lipinski definition) is 2. The number of benzene rings is 2. The lowest BCUT2D eigenvalue weighted by Crippen LogP contribution is -2.42. The standard InChI is InChI=1S/C20H20ClN3O4/c1-3-28-16-10-8-15(9-11-16)22-17(25)12-24-18(26)20(2,23-19(24)27)13-4-6-14(21)7-5-13/h4-11H,3,12H2,1-2H3,(H,22,25)(H,23,27). The number of nitrogens with one attached hydrogen (secondary N) is 2. The van der Waals surface area contributed by atoms with Crippen molar-refractivity contribution in [3.05, 3.63) is 59.1 Å². The topological polar surface area (TPSA) is 87.7 Å². The van der Waals surface area contributed by atoms with Gasteiger partial charge in [0.25, 0.3) is 5.91 Å². The van der Waals surface area contributed by atoms with Crippen molar-refractivity contribution in [2.45, 2.75) is 19.4 Å². The van der Waals surface area contributed by atoms with Crippen molar-refractivity contribution in [1.82, 2.24) is 10.2 Å². The van der Waals surface area contributed by atoms with E-state index in [-0.39, 0.29) is 6.54 Å². The molecule has 1 saturated heterocycles. The van der Waals surface area contributed by atoms with E-state index in [0.717, 1.165) is 4.90 Å². The first-order valence-corrected chi connectivity index (χ1v) is 9.14. The molecule has 0 spiro atoms. The Morgan fingerprint density at radius 2 is 1.79 bits per heavy atom. The molecule has 1 aliphatic rings. The van der Waals surface area contributed by atoms with E-state index in [4.69, 9.17) is 16.3 Å². The monoisotopic (exact) mass is 401 g/mol. The molecule has 2 aromatic rings. The normalized spacial score (nSPS) is 18.8. The predicted molar refractivity (Wildman–Crippen MR) is 105 cm³/mol. The summed E-state index contributed by atoms with van der Waals surface area (Å²) in [5.41, 5.74) is -0.119. The fourth-order valence-corrected chi connectivity index (χ4v) is 3.09. The fraction of sp³-hybridized carbons (Fsp3) is 0.250. The molecule has 146 valence electrons. The van der Waals surface area contributed by atoms with Crippen molar-refractivity contribution < 1.29 is 19.1 Å². The van der Waals surface area contributed by atoms with Crippen LogP contribution in [0.25, 0.3) is 0 Å². The van der Waals surface area contributed by atoms with Crippen LogP contribution in [0.15, 0.2) is 48.5 Å². The summed E-state index contributed by atoms with van der Waals surface area (Å²) in [7, 11) is 0. The Morgan fingerprint density at radius 3 is 2.39 bits per heavy atom. The summed E-state index contributed by atoms with van der Waals surface area (Å²) < 4.78 is 5.35. The molecule has 4 amide bonds. The van der Waals surface area contributed by atoms with E-state index >= 15 is 0 Å². The lowest BCUT2D eigenvalue weighted by molar-refractivity contribution is -0.133. The number of carbonyl (C=O) groups excluding carboxylic acids is 3. The summed E-state index contributed by atoms with van der Waals surface area (Å²) in [6.07, 6.45) is 0. The minimum absolute atomic E-state index is 0.388. The number of rotatable bonds is 6. The fourth-order valence-electron chi connectivity index (χ4n) is 2.96. The average molecular weight is 402 g/mol. The second-order valence-corrected chi connectivity index (χ2v) is 6.90. The molecule has 3 rings (SSSR count). The van der Waals surface area contributed by atoms with E-state index in [0.29, 0.717) is 28.6 Å². The molecule has 0 saturated carbocycles. The van der Waals surface area contributed by atoms with E-state index in [1.807, 2.05) is 6.92 Å². The van der Waals surface area contributed by atoms with Gasteiger partial charge in [-0.3, -0.25) is 14.5 Å². The molecule has 1 fully saturated rings. The van der Waals surface area contributed by atoms with Crippen LogP contribution in [-0.4, -0.2) is 35.9 Å². The highest BCUT2D eigenvalue weighted by Crippen LogP contribution is 2.29. The molecular weight excluding hydrogens is 382 g/mol. The molecule has 1 aliphatic heterocycles. The van der Waals surface area contributed by atoms with Gasteiger partial charge in [0.05, 0.1) is 6.61 Å². The molecule has 28 heavy (non-hydrogen) atoms. The van der Waals surface area contributed by atoms with E-state index < -0.39 is 23.4 Å².